The number of aliphatic hydroxyl groups is 1. The van der Waals surface area contributed by atoms with Gasteiger partial charge in [0, 0.05) is 7.05 Å². The molecule has 1 N–H and O–H groups in total. The van der Waals surface area contributed by atoms with Gasteiger partial charge in [-0.25, -0.2) is 0 Å². The molecule has 0 aliphatic rings. The average Bonchev–Trinajstić information content (AvgIpc) is 2.70. The normalized spacial score (nSPS) is 14.4. The molecule has 96 valence electrons. The van der Waals surface area contributed by atoms with Gasteiger partial charge in [-0.2, -0.15) is 5.10 Å². The number of benzene rings is 1. The van der Waals surface area contributed by atoms with Crippen LogP contribution in [0.25, 0.3) is 0 Å². The topological polar surface area (TPSA) is 38.1 Å². The van der Waals surface area contributed by atoms with E-state index in [4.69, 9.17) is 11.6 Å². The third-order valence-electron chi connectivity index (χ3n) is 3.20. The van der Waals surface area contributed by atoms with Crippen LogP contribution >= 0.6 is 11.6 Å². The smallest absolute Gasteiger partial charge is 0.0977 e. The second kappa shape index (κ2) is 5.55. The summed E-state index contributed by atoms with van der Waals surface area (Å²) in [5, 5.41) is 14.8. The number of aromatic nitrogens is 2. The van der Waals surface area contributed by atoms with Crippen LogP contribution in [0.5, 0.6) is 0 Å². The Bertz CT molecular complexity index is 490. The van der Waals surface area contributed by atoms with Crippen LogP contribution in [-0.4, -0.2) is 14.9 Å². The third kappa shape index (κ3) is 2.74. The Labute approximate surface area is 112 Å². The number of hydrogen-bond acceptors (Lipinski definition) is 2. The van der Waals surface area contributed by atoms with Crippen LogP contribution in [0.2, 0.25) is 5.02 Å². The maximum Gasteiger partial charge on any atom is 0.0977 e. The lowest BCUT2D eigenvalue weighted by Crippen LogP contribution is -2.09. The highest BCUT2D eigenvalue weighted by molar-refractivity contribution is 6.31. The highest BCUT2D eigenvalue weighted by Gasteiger charge is 2.19. The molecule has 2 aromatic rings. The predicted molar refractivity (Wildman–Crippen MR) is 72.7 cm³/mol. The van der Waals surface area contributed by atoms with E-state index >= 15 is 0 Å². The SMILES string of the molecule is CC(CC(O)c1c(Cl)cnn1C)c1ccccc1. The molecule has 0 saturated carbocycles. The summed E-state index contributed by atoms with van der Waals surface area (Å²) < 4.78 is 1.63. The summed E-state index contributed by atoms with van der Waals surface area (Å²) >= 11 is 6.03. The quantitative estimate of drug-likeness (QED) is 0.920. The molecule has 2 atom stereocenters. The van der Waals surface area contributed by atoms with Crippen molar-refractivity contribution in [1.29, 1.82) is 0 Å². The van der Waals surface area contributed by atoms with E-state index in [2.05, 4.69) is 24.2 Å². The number of nitrogens with zero attached hydrogens (tertiary/aromatic N) is 2. The molecule has 0 aliphatic heterocycles. The maximum atomic E-state index is 10.3. The zero-order chi connectivity index (χ0) is 13.1. The molecule has 3 nitrogen and oxygen atoms in total. The fourth-order valence-corrected chi connectivity index (χ4v) is 2.45. The molecule has 0 bridgehead atoms. The molecule has 4 heteroatoms. The molecule has 1 heterocycles. The summed E-state index contributed by atoms with van der Waals surface area (Å²) in [4.78, 5) is 0. The predicted octanol–water partition coefficient (Wildman–Crippen LogP) is 3.30. The Morgan fingerprint density at radius 2 is 2.00 bits per heavy atom. The van der Waals surface area contributed by atoms with Crippen molar-refractivity contribution in [3.05, 3.63) is 52.8 Å². The molecule has 0 amide bonds. The van der Waals surface area contributed by atoms with Gasteiger partial charge in [0.1, 0.15) is 0 Å². The van der Waals surface area contributed by atoms with E-state index in [1.807, 2.05) is 18.2 Å². The standard InChI is InChI=1S/C14H17ClN2O/c1-10(11-6-4-3-5-7-11)8-13(18)14-12(15)9-16-17(14)2/h3-7,9-10,13,18H,8H2,1-2H3. The van der Waals surface area contributed by atoms with Crippen molar-refractivity contribution in [2.75, 3.05) is 0 Å². The Balaban J connectivity index is 2.11. The Morgan fingerprint density at radius 3 is 2.56 bits per heavy atom. The van der Waals surface area contributed by atoms with Crippen molar-refractivity contribution in [3.63, 3.8) is 0 Å². The number of aryl methyl sites for hydroxylation is 1. The Kier molecular flexibility index (Phi) is 4.04. The van der Waals surface area contributed by atoms with Gasteiger partial charge in [0.25, 0.3) is 0 Å². The molecule has 0 saturated heterocycles. The van der Waals surface area contributed by atoms with Gasteiger partial charge in [-0.05, 0) is 17.9 Å². The van der Waals surface area contributed by atoms with Crippen molar-refractivity contribution < 1.29 is 5.11 Å². The summed E-state index contributed by atoms with van der Waals surface area (Å²) in [6.45, 7) is 2.10. The van der Waals surface area contributed by atoms with E-state index in [1.165, 1.54) is 5.56 Å². The van der Waals surface area contributed by atoms with Crippen molar-refractivity contribution >= 4 is 11.6 Å². The van der Waals surface area contributed by atoms with Crippen LogP contribution in [0.3, 0.4) is 0 Å². The Hall–Kier alpha value is -1.32. The molecule has 0 aliphatic carbocycles. The van der Waals surface area contributed by atoms with Gasteiger partial charge in [-0.15, -0.1) is 0 Å². The molecule has 0 radical (unpaired) electrons. The molecular formula is C14H17ClN2O. The van der Waals surface area contributed by atoms with Gasteiger partial charge < -0.3 is 5.11 Å². The maximum absolute atomic E-state index is 10.3. The monoisotopic (exact) mass is 264 g/mol. The molecule has 0 fully saturated rings. The molecule has 0 spiro atoms. The zero-order valence-corrected chi connectivity index (χ0v) is 11.3. The van der Waals surface area contributed by atoms with Crippen LogP contribution < -0.4 is 0 Å². The van der Waals surface area contributed by atoms with Crippen LogP contribution in [-0.2, 0) is 7.05 Å². The molecular weight excluding hydrogens is 248 g/mol. The summed E-state index contributed by atoms with van der Waals surface area (Å²) in [5.74, 6) is 0.271. The van der Waals surface area contributed by atoms with Gasteiger partial charge in [0.15, 0.2) is 0 Å². The number of aliphatic hydroxyl groups excluding tert-OH is 1. The second-order valence-corrected chi connectivity index (χ2v) is 4.97. The van der Waals surface area contributed by atoms with Crippen LogP contribution in [0.4, 0.5) is 0 Å². The van der Waals surface area contributed by atoms with Crippen LogP contribution in [0, 0.1) is 0 Å². The minimum atomic E-state index is -0.597. The largest absolute Gasteiger partial charge is 0.387 e. The van der Waals surface area contributed by atoms with Gasteiger partial charge in [-0.3, -0.25) is 4.68 Å². The molecule has 2 unspecified atom stereocenters. The molecule has 1 aromatic carbocycles. The summed E-state index contributed by atoms with van der Waals surface area (Å²) in [6, 6.07) is 10.2. The van der Waals surface area contributed by atoms with Crippen molar-refractivity contribution in [1.82, 2.24) is 9.78 Å². The van der Waals surface area contributed by atoms with E-state index in [0.29, 0.717) is 17.1 Å². The van der Waals surface area contributed by atoms with Gasteiger partial charge in [0.2, 0.25) is 0 Å². The fourth-order valence-electron chi connectivity index (χ4n) is 2.16. The summed E-state index contributed by atoms with van der Waals surface area (Å²) in [5.41, 5.74) is 1.90. The highest BCUT2D eigenvalue weighted by Crippen LogP contribution is 2.30. The van der Waals surface area contributed by atoms with Crippen molar-refractivity contribution in [2.24, 2.45) is 7.05 Å². The molecule has 2 rings (SSSR count). The van der Waals surface area contributed by atoms with E-state index in [9.17, 15) is 5.11 Å². The van der Waals surface area contributed by atoms with E-state index in [0.717, 1.165) is 0 Å². The molecule has 18 heavy (non-hydrogen) atoms. The minimum Gasteiger partial charge on any atom is -0.387 e. The van der Waals surface area contributed by atoms with E-state index in [1.54, 1.807) is 17.9 Å². The van der Waals surface area contributed by atoms with Gasteiger partial charge in [0.05, 0.1) is 23.0 Å². The highest BCUT2D eigenvalue weighted by atomic mass is 35.5. The third-order valence-corrected chi connectivity index (χ3v) is 3.49. The number of hydrogen-bond donors (Lipinski definition) is 1. The lowest BCUT2D eigenvalue weighted by atomic mass is 9.94. The fraction of sp³-hybridized carbons (Fsp3) is 0.357. The Morgan fingerprint density at radius 1 is 1.33 bits per heavy atom. The van der Waals surface area contributed by atoms with E-state index in [-0.39, 0.29) is 5.92 Å². The number of rotatable bonds is 4. The summed E-state index contributed by atoms with van der Waals surface area (Å²) in [6.07, 6.45) is 1.59. The first-order valence-corrected chi connectivity index (χ1v) is 6.37. The lowest BCUT2D eigenvalue weighted by molar-refractivity contribution is 0.150. The second-order valence-electron chi connectivity index (χ2n) is 4.56. The lowest BCUT2D eigenvalue weighted by Gasteiger charge is -2.17. The first-order valence-electron chi connectivity index (χ1n) is 6.00. The van der Waals surface area contributed by atoms with Crippen molar-refractivity contribution in [2.45, 2.75) is 25.4 Å². The van der Waals surface area contributed by atoms with Crippen LogP contribution in [0.1, 0.15) is 36.6 Å². The van der Waals surface area contributed by atoms with Crippen LogP contribution in [0.15, 0.2) is 36.5 Å². The van der Waals surface area contributed by atoms with Gasteiger partial charge in [-0.1, -0.05) is 48.9 Å². The average molecular weight is 265 g/mol. The molecule has 1 aromatic heterocycles. The first-order chi connectivity index (χ1) is 8.59. The zero-order valence-electron chi connectivity index (χ0n) is 10.5. The van der Waals surface area contributed by atoms with E-state index < -0.39 is 6.10 Å². The first kappa shape index (κ1) is 13.1. The summed E-state index contributed by atoms with van der Waals surface area (Å²) in [7, 11) is 1.79. The van der Waals surface area contributed by atoms with Crippen molar-refractivity contribution in [3.8, 4) is 0 Å². The minimum absolute atomic E-state index is 0.271. The van der Waals surface area contributed by atoms with Gasteiger partial charge >= 0.3 is 0 Å². The number of halogens is 1.